The molecule has 0 aromatic heterocycles. The predicted octanol–water partition coefficient (Wildman–Crippen LogP) is 0.258. The van der Waals surface area contributed by atoms with Crippen LogP contribution in [0.2, 0.25) is 0 Å². The molecule has 0 amide bonds. The number of hydrogen-bond donors (Lipinski definition) is 4. The number of aliphatic hydroxyl groups excluding tert-OH is 1. The van der Waals surface area contributed by atoms with E-state index in [1.165, 1.54) is 25.3 Å². The molecule has 0 spiro atoms. The van der Waals surface area contributed by atoms with E-state index in [2.05, 4.69) is 5.32 Å². The number of phenols is 1. The number of benzene rings is 1. The van der Waals surface area contributed by atoms with Crippen LogP contribution in [0, 0.1) is 0 Å². The van der Waals surface area contributed by atoms with Crippen molar-refractivity contribution in [2.24, 2.45) is 0 Å². The van der Waals surface area contributed by atoms with Gasteiger partial charge in [-0.25, -0.2) is 4.79 Å². The van der Waals surface area contributed by atoms with Crippen molar-refractivity contribution >= 4 is 11.7 Å². The van der Waals surface area contributed by atoms with Crippen molar-refractivity contribution in [1.82, 2.24) is 0 Å². The molecule has 0 saturated carbocycles. The van der Waals surface area contributed by atoms with Crippen LogP contribution in [0.4, 0.5) is 5.69 Å². The van der Waals surface area contributed by atoms with Gasteiger partial charge in [-0.15, -0.1) is 0 Å². The lowest BCUT2D eigenvalue weighted by Gasteiger charge is -2.14. The number of carbonyl (C=O) groups is 1. The average molecular weight is 227 g/mol. The first-order chi connectivity index (χ1) is 7.58. The molecular formula is C10H13NO5. The zero-order chi connectivity index (χ0) is 12.1. The van der Waals surface area contributed by atoms with Crippen molar-refractivity contribution in [3.05, 3.63) is 18.2 Å². The Morgan fingerprint density at radius 2 is 2.25 bits per heavy atom. The molecule has 6 heteroatoms. The zero-order valence-corrected chi connectivity index (χ0v) is 8.67. The molecule has 6 nitrogen and oxygen atoms in total. The highest BCUT2D eigenvalue weighted by atomic mass is 16.5. The van der Waals surface area contributed by atoms with E-state index >= 15 is 0 Å². The monoisotopic (exact) mass is 227 g/mol. The van der Waals surface area contributed by atoms with Gasteiger partial charge in [0.1, 0.15) is 6.04 Å². The van der Waals surface area contributed by atoms with Gasteiger partial charge in [0.2, 0.25) is 0 Å². The van der Waals surface area contributed by atoms with Gasteiger partial charge in [-0.05, 0) is 12.1 Å². The van der Waals surface area contributed by atoms with E-state index in [1.807, 2.05) is 0 Å². The molecule has 0 fully saturated rings. The number of ether oxygens (including phenoxy) is 1. The van der Waals surface area contributed by atoms with Gasteiger partial charge in [0.05, 0.1) is 13.7 Å². The highest BCUT2D eigenvalue weighted by Gasteiger charge is 2.16. The first kappa shape index (κ1) is 12.1. The summed E-state index contributed by atoms with van der Waals surface area (Å²) >= 11 is 0. The fourth-order valence-corrected chi connectivity index (χ4v) is 1.15. The smallest absolute Gasteiger partial charge is 0.328 e. The lowest BCUT2D eigenvalue weighted by molar-refractivity contribution is -0.138. The third-order valence-corrected chi connectivity index (χ3v) is 2.00. The van der Waals surface area contributed by atoms with Crippen molar-refractivity contribution < 1.29 is 24.9 Å². The van der Waals surface area contributed by atoms with Crippen LogP contribution in [0.5, 0.6) is 11.5 Å². The zero-order valence-electron chi connectivity index (χ0n) is 8.67. The molecule has 1 atom stereocenters. The van der Waals surface area contributed by atoms with Gasteiger partial charge < -0.3 is 25.4 Å². The highest BCUT2D eigenvalue weighted by molar-refractivity contribution is 5.77. The quantitative estimate of drug-likeness (QED) is 0.538. The molecule has 0 heterocycles. The highest BCUT2D eigenvalue weighted by Crippen LogP contribution is 2.28. The fourth-order valence-electron chi connectivity index (χ4n) is 1.15. The van der Waals surface area contributed by atoms with Crippen molar-refractivity contribution in [2.45, 2.75) is 6.04 Å². The van der Waals surface area contributed by atoms with Crippen molar-refractivity contribution in [2.75, 3.05) is 19.0 Å². The van der Waals surface area contributed by atoms with E-state index in [9.17, 15) is 9.90 Å². The second-order valence-corrected chi connectivity index (χ2v) is 3.10. The van der Waals surface area contributed by atoms with E-state index < -0.39 is 18.6 Å². The Morgan fingerprint density at radius 1 is 1.56 bits per heavy atom. The molecule has 1 rings (SSSR count). The molecule has 4 N–H and O–H groups in total. The van der Waals surface area contributed by atoms with Gasteiger partial charge in [0, 0.05) is 11.8 Å². The topological polar surface area (TPSA) is 99.0 Å². The van der Waals surface area contributed by atoms with Crippen molar-refractivity contribution in [3.63, 3.8) is 0 Å². The van der Waals surface area contributed by atoms with Crippen molar-refractivity contribution in [1.29, 1.82) is 0 Å². The Bertz CT molecular complexity index is 379. The largest absolute Gasteiger partial charge is 0.504 e. The normalized spacial score (nSPS) is 11.9. The van der Waals surface area contributed by atoms with Gasteiger partial charge in [-0.2, -0.15) is 0 Å². The van der Waals surface area contributed by atoms with Crippen LogP contribution in [-0.4, -0.2) is 41.0 Å². The minimum Gasteiger partial charge on any atom is -0.504 e. The molecule has 88 valence electrons. The maximum atomic E-state index is 10.7. The van der Waals surface area contributed by atoms with Gasteiger partial charge in [-0.1, -0.05) is 0 Å². The van der Waals surface area contributed by atoms with Gasteiger partial charge in [0.15, 0.2) is 11.5 Å². The SMILES string of the molecule is COc1cc(N[C@@H](CO)C(=O)O)ccc1O. The summed E-state index contributed by atoms with van der Waals surface area (Å²) in [5.74, 6) is -0.967. The van der Waals surface area contributed by atoms with E-state index in [0.717, 1.165) is 0 Å². The van der Waals surface area contributed by atoms with Crippen LogP contribution in [0.25, 0.3) is 0 Å². The summed E-state index contributed by atoms with van der Waals surface area (Å²) in [6.07, 6.45) is 0. The number of carboxylic acids is 1. The van der Waals surface area contributed by atoms with Crippen LogP contribution in [0.1, 0.15) is 0 Å². The molecule has 0 aliphatic carbocycles. The summed E-state index contributed by atoms with van der Waals surface area (Å²) in [5.41, 5.74) is 0.441. The van der Waals surface area contributed by atoms with Gasteiger partial charge >= 0.3 is 5.97 Å². The Hall–Kier alpha value is -1.95. The summed E-state index contributed by atoms with van der Waals surface area (Å²) < 4.78 is 4.86. The number of anilines is 1. The molecular weight excluding hydrogens is 214 g/mol. The molecule has 1 aromatic carbocycles. The van der Waals surface area contributed by atoms with E-state index in [-0.39, 0.29) is 11.5 Å². The third kappa shape index (κ3) is 2.77. The second-order valence-electron chi connectivity index (χ2n) is 3.10. The summed E-state index contributed by atoms with van der Waals surface area (Å²) in [6.45, 7) is -0.529. The van der Waals surface area contributed by atoms with Crippen LogP contribution in [0.15, 0.2) is 18.2 Å². The number of aliphatic carboxylic acids is 1. The Kier molecular flexibility index (Phi) is 3.96. The molecule has 0 aliphatic heterocycles. The molecule has 1 aromatic rings. The predicted molar refractivity (Wildman–Crippen MR) is 56.8 cm³/mol. The fraction of sp³-hybridized carbons (Fsp3) is 0.300. The van der Waals surface area contributed by atoms with Crippen LogP contribution in [0.3, 0.4) is 0 Å². The maximum absolute atomic E-state index is 10.7. The first-order valence-corrected chi connectivity index (χ1v) is 4.55. The molecule has 0 aliphatic rings. The minimum absolute atomic E-state index is 0.0380. The van der Waals surface area contributed by atoms with Crippen LogP contribution in [-0.2, 0) is 4.79 Å². The van der Waals surface area contributed by atoms with E-state index in [0.29, 0.717) is 5.69 Å². The molecule has 0 saturated heterocycles. The number of rotatable bonds is 5. The average Bonchev–Trinajstić information content (AvgIpc) is 2.27. The number of aromatic hydroxyl groups is 1. The number of methoxy groups -OCH3 is 1. The van der Waals surface area contributed by atoms with Gasteiger partial charge in [0.25, 0.3) is 0 Å². The number of phenolic OH excluding ortho intramolecular Hbond substituents is 1. The number of aliphatic hydroxyl groups is 1. The summed E-state index contributed by atoms with van der Waals surface area (Å²) in [7, 11) is 1.39. The summed E-state index contributed by atoms with van der Waals surface area (Å²) in [6, 6.07) is 3.22. The second kappa shape index (κ2) is 5.22. The Labute approximate surface area is 92.1 Å². The lowest BCUT2D eigenvalue weighted by Crippen LogP contribution is -2.32. The maximum Gasteiger partial charge on any atom is 0.328 e. The van der Waals surface area contributed by atoms with Crippen LogP contribution < -0.4 is 10.1 Å². The first-order valence-electron chi connectivity index (χ1n) is 4.55. The Morgan fingerprint density at radius 3 is 2.75 bits per heavy atom. The summed E-state index contributed by atoms with van der Waals surface area (Å²) in [5, 5.41) is 29.4. The number of hydrogen-bond acceptors (Lipinski definition) is 5. The van der Waals surface area contributed by atoms with Gasteiger partial charge in [-0.3, -0.25) is 0 Å². The Balaban J connectivity index is 2.84. The standard InChI is InChI=1S/C10H13NO5/c1-16-9-4-6(2-3-8(9)13)11-7(5-12)10(14)15/h2-4,7,11-13H,5H2,1H3,(H,14,15)/t7-/m0/s1. The van der Waals surface area contributed by atoms with E-state index in [4.69, 9.17) is 14.9 Å². The lowest BCUT2D eigenvalue weighted by atomic mass is 10.2. The third-order valence-electron chi connectivity index (χ3n) is 2.00. The molecule has 16 heavy (non-hydrogen) atoms. The molecule has 0 unspecified atom stereocenters. The molecule has 0 bridgehead atoms. The van der Waals surface area contributed by atoms with Crippen molar-refractivity contribution in [3.8, 4) is 11.5 Å². The minimum atomic E-state index is -1.16. The summed E-state index contributed by atoms with van der Waals surface area (Å²) in [4.78, 5) is 10.7. The molecule has 0 radical (unpaired) electrons. The van der Waals surface area contributed by atoms with Crippen LogP contribution >= 0.6 is 0 Å². The number of nitrogens with one attached hydrogen (secondary N) is 1. The van der Waals surface area contributed by atoms with E-state index in [1.54, 1.807) is 0 Å². The number of carboxylic acid groups (broad SMARTS) is 1.